The molecule has 2 heterocycles. The van der Waals surface area contributed by atoms with Gasteiger partial charge in [0.25, 0.3) is 5.91 Å². The van der Waals surface area contributed by atoms with Gasteiger partial charge in [-0.3, -0.25) is 9.78 Å². The summed E-state index contributed by atoms with van der Waals surface area (Å²) in [4.78, 5) is 16.5. The smallest absolute Gasteiger partial charge is 0.257 e. The number of sulfonamides is 1. The van der Waals surface area contributed by atoms with Crippen LogP contribution in [0.2, 0.25) is 0 Å². The van der Waals surface area contributed by atoms with Crippen molar-refractivity contribution in [1.29, 1.82) is 0 Å². The first-order chi connectivity index (χ1) is 13.4. The van der Waals surface area contributed by atoms with Crippen LogP contribution < -0.4 is 10.1 Å². The highest BCUT2D eigenvalue weighted by atomic mass is 79.9. The summed E-state index contributed by atoms with van der Waals surface area (Å²) in [5.41, 5.74) is 0.743. The number of carbonyl (C=O) groups excluding carboxylic acids is 1. The molecule has 1 fully saturated rings. The van der Waals surface area contributed by atoms with Crippen molar-refractivity contribution in [3.05, 3.63) is 46.7 Å². The number of ether oxygens (including phenoxy) is 1. The van der Waals surface area contributed by atoms with Gasteiger partial charge in [0, 0.05) is 35.6 Å². The Morgan fingerprint density at radius 2 is 1.96 bits per heavy atom. The highest BCUT2D eigenvalue weighted by Gasteiger charge is 2.29. The van der Waals surface area contributed by atoms with Gasteiger partial charge in [0.1, 0.15) is 10.6 Å². The van der Waals surface area contributed by atoms with Crippen LogP contribution in [-0.4, -0.2) is 43.3 Å². The molecule has 1 amide bonds. The van der Waals surface area contributed by atoms with Crippen molar-refractivity contribution in [2.75, 3.05) is 25.0 Å². The van der Waals surface area contributed by atoms with Crippen LogP contribution in [0.5, 0.6) is 5.75 Å². The number of benzene rings is 1. The minimum absolute atomic E-state index is 0.0708. The third-order valence-corrected chi connectivity index (χ3v) is 6.75. The second kappa shape index (κ2) is 9.02. The van der Waals surface area contributed by atoms with E-state index in [0.717, 1.165) is 19.3 Å². The highest BCUT2D eigenvalue weighted by molar-refractivity contribution is 9.10. The fourth-order valence-electron chi connectivity index (χ4n) is 3.05. The number of aromatic nitrogens is 1. The summed E-state index contributed by atoms with van der Waals surface area (Å²) in [7, 11) is -3.71. The van der Waals surface area contributed by atoms with Gasteiger partial charge in [0.15, 0.2) is 0 Å². The average molecular weight is 468 g/mol. The Morgan fingerprint density at radius 1 is 1.21 bits per heavy atom. The number of nitrogens with zero attached hydrogens (tertiary/aromatic N) is 2. The fourth-order valence-corrected chi connectivity index (χ4v) is 5.08. The van der Waals surface area contributed by atoms with E-state index in [1.807, 2.05) is 0 Å². The number of hydrogen-bond acceptors (Lipinski definition) is 5. The molecule has 1 aliphatic heterocycles. The molecule has 1 N–H and O–H groups in total. The number of amides is 1. The predicted molar refractivity (Wildman–Crippen MR) is 110 cm³/mol. The van der Waals surface area contributed by atoms with Crippen molar-refractivity contribution in [2.45, 2.75) is 31.1 Å². The van der Waals surface area contributed by atoms with Gasteiger partial charge in [-0.15, -0.1) is 0 Å². The van der Waals surface area contributed by atoms with Crippen LogP contribution in [0.3, 0.4) is 0 Å². The van der Waals surface area contributed by atoms with E-state index in [1.54, 1.807) is 31.3 Å². The molecule has 7 nitrogen and oxygen atoms in total. The molecule has 2 aromatic rings. The van der Waals surface area contributed by atoms with E-state index >= 15 is 0 Å². The number of anilines is 1. The Labute approximate surface area is 173 Å². The first-order valence-electron chi connectivity index (χ1n) is 9.10. The maximum atomic E-state index is 13.2. The first-order valence-corrected chi connectivity index (χ1v) is 11.3. The van der Waals surface area contributed by atoms with Gasteiger partial charge in [-0.05, 0) is 60.0 Å². The number of rotatable bonds is 6. The monoisotopic (exact) mass is 467 g/mol. The lowest BCUT2D eigenvalue weighted by Crippen LogP contribution is -2.35. The zero-order chi connectivity index (χ0) is 20.1. The van der Waals surface area contributed by atoms with Crippen LogP contribution in [-0.2, 0) is 10.0 Å². The van der Waals surface area contributed by atoms with Crippen LogP contribution in [0, 0.1) is 0 Å². The largest absolute Gasteiger partial charge is 0.492 e. The van der Waals surface area contributed by atoms with E-state index in [2.05, 4.69) is 26.2 Å². The number of hydrogen-bond donors (Lipinski definition) is 1. The molecule has 3 rings (SSSR count). The van der Waals surface area contributed by atoms with Crippen molar-refractivity contribution < 1.29 is 17.9 Å². The van der Waals surface area contributed by atoms with Gasteiger partial charge >= 0.3 is 0 Å². The summed E-state index contributed by atoms with van der Waals surface area (Å²) in [6, 6.07) is 6.30. The van der Waals surface area contributed by atoms with Gasteiger partial charge in [0.2, 0.25) is 10.0 Å². The van der Waals surface area contributed by atoms with Crippen molar-refractivity contribution in [3.63, 3.8) is 0 Å². The van der Waals surface area contributed by atoms with Crippen LogP contribution in [0.25, 0.3) is 0 Å². The van der Waals surface area contributed by atoms with Crippen LogP contribution in [0.15, 0.2) is 46.0 Å². The molecule has 1 aromatic carbocycles. The van der Waals surface area contributed by atoms with E-state index in [9.17, 15) is 13.2 Å². The Balaban J connectivity index is 1.92. The summed E-state index contributed by atoms with van der Waals surface area (Å²) >= 11 is 3.28. The first kappa shape index (κ1) is 20.8. The Hall–Kier alpha value is -1.97. The third-order valence-electron chi connectivity index (χ3n) is 4.40. The summed E-state index contributed by atoms with van der Waals surface area (Å²) in [5, 5.41) is 2.73. The molecule has 0 saturated carbocycles. The summed E-state index contributed by atoms with van der Waals surface area (Å²) < 4.78 is 34.0. The van der Waals surface area contributed by atoms with Crippen LogP contribution in [0.1, 0.15) is 36.5 Å². The summed E-state index contributed by atoms with van der Waals surface area (Å²) in [5.74, 6) is -0.0884. The second-order valence-electron chi connectivity index (χ2n) is 6.41. The van der Waals surface area contributed by atoms with Crippen molar-refractivity contribution in [2.24, 2.45) is 0 Å². The van der Waals surface area contributed by atoms with Crippen LogP contribution in [0.4, 0.5) is 5.69 Å². The van der Waals surface area contributed by atoms with Gasteiger partial charge in [-0.2, -0.15) is 4.31 Å². The van der Waals surface area contributed by atoms with E-state index in [0.29, 0.717) is 35.4 Å². The lowest BCUT2D eigenvalue weighted by Gasteiger charge is -2.27. The standard InChI is InChI=1S/C19H22BrN3O4S/c1-2-27-17-7-6-16(22-19(24)14-10-15(20)13-21-12-14)11-18(17)28(25,26)23-8-4-3-5-9-23/h6-7,10-13H,2-5,8-9H2,1H3,(H,22,24). The molecule has 0 spiro atoms. The quantitative estimate of drug-likeness (QED) is 0.699. The highest BCUT2D eigenvalue weighted by Crippen LogP contribution is 2.31. The molecule has 1 aliphatic rings. The number of nitrogens with one attached hydrogen (secondary N) is 1. The Kier molecular flexibility index (Phi) is 6.69. The lowest BCUT2D eigenvalue weighted by atomic mass is 10.2. The number of pyridine rings is 1. The van der Waals surface area contributed by atoms with Gasteiger partial charge in [0.05, 0.1) is 12.2 Å². The Morgan fingerprint density at radius 3 is 2.64 bits per heavy atom. The van der Waals surface area contributed by atoms with Gasteiger partial charge < -0.3 is 10.1 Å². The maximum absolute atomic E-state index is 13.2. The molecule has 0 unspecified atom stereocenters. The normalized spacial score (nSPS) is 15.2. The van der Waals surface area contributed by atoms with E-state index in [4.69, 9.17) is 4.74 Å². The summed E-state index contributed by atoms with van der Waals surface area (Å²) in [6.07, 6.45) is 5.74. The molecular formula is C19H22BrN3O4S. The molecule has 1 aromatic heterocycles. The molecule has 0 bridgehead atoms. The zero-order valence-corrected chi connectivity index (χ0v) is 17.9. The van der Waals surface area contributed by atoms with Crippen molar-refractivity contribution >= 4 is 37.5 Å². The number of halogens is 1. The molecule has 150 valence electrons. The molecule has 0 radical (unpaired) electrons. The zero-order valence-electron chi connectivity index (χ0n) is 15.5. The fraction of sp³-hybridized carbons (Fsp3) is 0.368. The number of carbonyl (C=O) groups is 1. The van der Waals surface area contributed by atoms with Gasteiger partial charge in [-0.25, -0.2) is 8.42 Å². The molecular weight excluding hydrogens is 446 g/mol. The van der Waals surface area contributed by atoms with E-state index < -0.39 is 10.0 Å². The van der Waals surface area contributed by atoms with Crippen molar-refractivity contribution in [1.82, 2.24) is 9.29 Å². The van der Waals surface area contributed by atoms with E-state index in [-0.39, 0.29) is 16.6 Å². The second-order valence-corrected chi connectivity index (χ2v) is 9.23. The third kappa shape index (κ3) is 4.71. The van der Waals surface area contributed by atoms with E-state index in [1.165, 1.54) is 16.6 Å². The Bertz CT molecular complexity index is 959. The van der Waals surface area contributed by atoms with Crippen molar-refractivity contribution in [3.8, 4) is 5.75 Å². The molecule has 0 atom stereocenters. The van der Waals surface area contributed by atoms with Gasteiger partial charge in [-0.1, -0.05) is 6.42 Å². The lowest BCUT2D eigenvalue weighted by molar-refractivity contribution is 0.102. The number of piperidine rings is 1. The topological polar surface area (TPSA) is 88.6 Å². The molecule has 28 heavy (non-hydrogen) atoms. The minimum Gasteiger partial charge on any atom is -0.492 e. The SMILES string of the molecule is CCOc1ccc(NC(=O)c2cncc(Br)c2)cc1S(=O)(=O)N1CCCCC1. The molecule has 9 heteroatoms. The molecule has 1 saturated heterocycles. The average Bonchev–Trinajstić information content (AvgIpc) is 2.70. The maximum Gasteiger partial charge on any atom is 0.257 e. The minimum atomic E-state index is -3.71. The van der Waals surface area contributed by atoms with Crippen LogP contribution >= 0.6 is 15.9 Å². The molecule has 0 aliphatic carbocycles. The predicted octanol–water partition coefficient (Wildman–Crippen LogP) is 3.67. The summed E-state index contributed by atoms with van der Waals surface area (Å²) in [6.45, 7) is 3.13.